The molecule has 0 aliphatic carbocycles. The molecule has 0 aromatic heterocycles. The highest BCUT2D eigenvalue weighted by atomic mass is 16.2. The molecule has 3 heterocycles. The molecule has 7 heteroatoms. The Morgan fingerprint density at radius 3 is 2.26 bits per heavy atom. The third-order valence-corrected chi connectivity index (χ3v) is 5.89. The van der Waals surface area contributed by atoms with E-state index in [2.05, 4.69) is 0 Å². The number of hydrogen-bond acceptors (Lipinski definition) is 4. The molecule has 1 aromatic rings. The van der Waals surface area contributed by atoms with E-state index in [1.165, 1.54) is 10.0 Å². The number of benzene rings is 1. The normalized spacial score (nSPS) is 28.4. The summed E-state index contributed by atoms with van der Waals surface area (Å²) in [6.45, 7) is 4.25. The molecule has 0 bridgehead atoms. The van der Waals surface area contributed by atoms with Crippen LogP contribution < -0.4 is 0 Å². The maximum Gasteiger partial charge on any atom is 0.265 e. The molecule has 0 radical (unpaired) electrons. The van der Waals surface area contributed by atoms with Gasteiger partial charge in [0.15, 0.2) is 0 Å². The molecule has 7 nitrogen and oxygen atoms in total. The van der Waals surface area contributed by atoms with Crippen molar-refractivity contribution in [1.82, 2.24) is 14.9 Å². The van der Waals surface area contributed by atoms with Crippen molar-refractivity contribution in [2.24, 2.45) is 5.92 Å². The van der Waals surface area contributed by atoms with Gasteiger partial charge in [-0.25, -0.2) is 5.01 Å². The zero-order chi connectivity index (χ0) is 19.3. The zero-order valence-electron chi connectivity index (χ0n) is 15.6. The highest BCUT2D eigenvalue weighted by Gasteiger charge is 2.51. The second-order valence-electron chi connectivity index (χ2n) is 7.56. The van der Waals surface area contributed by atoms with Crippen LogP contribution in [0.4, 0.5) is 0 Å². The van der Waals surface area contributed by atoms with E-state index in [4.69, 9.17) is 0 Å². The number of nitrogens with zero attached hydrogens (tertiary/aromatic N) is 3. The molecule has 3 atom stereocenters. The highest BCUT2D eigenvalue weighted by molar-refractivity contribution is 6.23. The van der Waals surface area contributed by atoms with Gasteiger partial charge in [0.25, 0.3) is 17.7 Å². The van der Waals surface area contributed by atoms with Gasteiger partial charge in [-0.05, 0) is 37.3 Å². The van der Waals surface area contributed by atoms with Gasteiger partial charge in [0.2, 0.25) is 5.91 Å². The van der Waals surface area contributed by atoms with Crippen molar-refractivity contribution in [3.8, 4) is 0 Å². The summed E-state index contributed by atoms with van der Waals surface area (Å²) in [6, 6.07) is 5.57. The lowest BCUT2D eigenvalue weighted by molar-refractivity contribution is -0.174. The van der Waals surface area contributed by atoms with Crippen molar-refractivity contribution in [2.45, 2.75) is 51.6 Å². The van der Waals surface area contributed by atoms with Gasteiger partial charge < -0.3 is 0 Å². The molecule has 4 amide bonds. The zero-order valence-corrected chi connectivity index (χ0v) is 15.6. The van der Waals surface area contributed by atoms with E-state index in [0.717, 1.165) is 24.2 Å². The van der Waals surface area contributed by atoms with Crippen molar-refractivity contribution >= 4 is 23.6 Å². The second kappa shape index (κ2) is 6.48. The van der Waals surface area contributed by atoms with E-state index < -0.39 is 23.8 Å². The topological polar surface area (TPSA) is 78.0 Å². The quantitative estimate of drug-likeness (QED) is 0.745. The predicted molar refractivity (Wildman–Crippen MR) is 96.4 cm³/mol. The van der Waals surface area contributed by atoms with Crippen LogP contribution in [0.1, 0.15) is 60.2 Å². The second-order valence-corrected chi connectivity index (χ2v) is 7.56. The van der Waals surface area contributed by atoms with Crippen LogP contribution in [-0.2, 0) is 9.59 Å². The van der Waals surface area contributed by atoms with Crippen molar-refractivity contribution in [1.29, 1.82) is 0 Å². The van der Waals surface area contributed by atoms with Crippen LogP contribution >= 0.6 is 0 Å². The monoisotopic (exact) mass is 369 g/mol. The van der Waals surface area contributed by atoms with Crippen LogP contribution in [0.25, 0.3) is 0 Å². The molecule has 2 saturated heterocycles. The molecule has 2 fully saturated rings. The van der Waals surface area contributed by atoms with Crippen LogP contribution in [0.5, 0.6) is 0 Å². The average molecular weight is 369 g/mol. The molecule has 0 spiro atoms. The minimum Gasteiger partial charge on any atom is -0.273 e. The SMILES string of the molecule is CCC1CCCN2C(=O)CC(C)C(N3C(=O)c4ccccc4C3=O)C(=O)N12. The van der Waals surface area contributed by atoms with Gasteiger partial charge in [0.1, 0.15) is 6.04 Å². The van der Waals surface area contributed by atoms with Crippen LogP contribution in [0.3, 0.4) is 0 Å². The smallest absolute Gasteiger partial charge is 0.265 e. The number of imide groups is 1. The highest BCUT2D eigenvalue weighted by Crippen LogP contribution is 2.34. The Labute approximate surface area is 157 Å². The first-order valence-electron chi connectivity index (χ1n) is 9.56. The van der Waals surface area contributed by atoms with Crippen LogP contribution in [0.15, 0.2) is 24.3 Å². The number of amides is 4. The van der Waals surface area contributed by atoms with E-state index in [0.29, 0.717) is 17.7 Å². The first-order valence-corrected chi connectivity index (χ1v) is 9.56. The first-order chi connectivity index (χ1) is 13.0. The third-order valence-electron chi connectivity index (χ3n) is 5.89. The number of hydrogen-bond donors (Lipinski definition) is 0. The van der Waals surface area contributed by atoms with Crippen molar-refractivity contribution in [2.75, 3.05) is 6.54 Å². The summed E-state index contributed by atoms with van der Waals surface area (Å²) >= 11 is 0. The number of rotatable bonds is 2. The average Bonchev–Trinajstić information content (AvgIpc) is 2.87. The lowest BCUT2D eigenvalue weighted by Crippen LogP contribution is -2.61. The molecular weight excluding hydrogens is 346 g/mol. The van der Waals surface area contributed by atoms with E-state index in [9.17, 15) is 19.2 Å². The Balaban J connectivity index is 1.76. The Kier molecular flexibility index (Phi) is 4.25. The van der Waals surface area contributed by atoms with Crippen LogP contribution in [0, 0.1) is 5.92 Å². The Morgan fingerprint density at radius 2 is 1.67 bits per heavy atom. The van der Waals surface area contributed by atoms with Gasteiger partial charge in [0, 0.05) is 13.0 Å². The summed E-state index contributed by atoms with van der Waals surface area (Å²) in [5.74, 6) is -1.78. The summed E-state index contributed by atoms with van der Waals surface area (Å²) in [4.78, 5) is 53.2. The Morgan fingerprint density at radius 1 is 1.04 bits per heavy atom. The number of hydrazine groups is 1. The number of fused-ring (bicyclic) bond motifs is 2. The molecule has 142 valence electrons. The van der Waals surface area contributed by atoms with Crippen LogP contribution in [0.2, 0.25) is 0 Å². The van der Waals surface area contributed by atoms with E-state index >= 15 is 0 Å². The molecule has 3 aliphatic rings. The summed E-state index contributed by atoms with van der Waals surface area (Å²) in [6.07, 6.45) is 2.52. The van der Waals surface area contributed by atoms with Crippen LogP contribution in [-0.4, -0.2) is 57.2 Å². The summed E-state index contributed by atoms with van der Waals surface area (Å²) in [5.41, 5.74) is 0.640. The number of carbonyl (C=O) groups excluding carboxylic acids is 4. The minimum absolute atomic E-state index is 0.0850. The molecule has 1 aromatic carbocycles. The van der Waals surface area contributed by atoms with Gasteiger partial charge in [-0.15, -0.1) is 0 Å². The summed E-state index contributed by atoms with van der Waals surface area (Å²) in [7, 11) is 0. The third kappa shape index (κ3) is 2.56. The van der Waals surface area contributed by atoms with Crippen molar-refractivity contribution in [3.63, 3.8) is 0 Å². The van der Waals surface area contributed by atoms with Gasteiger partial charge in [0.05, 0.1) is 17.2 Å². The lowest BCUT2D eigenvalue weighted by Gasteiger charge is -2.44. The molecular formula is C20H23N3O4. The van der Waals surface area contributed by atoms with Gasteiger partial charge >= 0.3 is 0 Å². The van der Waals surface area contributed by atoms with Gasteiger partial charge in [-0.3, -0.25) is 29.1 Å². The van der Waals surface area contributed by atoms with Gasteiger partial charge in [-0.1, -0.05) is 26.0 Å². The van der Waals surface area contributed by atoms with Gasteiger partial charge in [-0.2, -0.15) is 0 Å². The molecule has 3 unspecified atom stereocenters. The first kappa shape index (κ1) is 17.7. The fraction of sp³-hybridized carbons (Fsp3) is 0.500. The standard InChI is InChI=1S/C20H23N3O4/c1-3-13-7-6-10-21-16(24)11-12(2)17(20(27)23(13)21)22-18(25)14-8-4-5-9-15(14)19(22)26/h4-5,8-9,12-13,17H,3,6-7,10-11H2,1-2H3. The maximum atomic E-state index is 13.5. The van der Waals surface area contributed by atoms with E-state index in [-0.39, 0.29) is 24.3 Å². The van der Waals surface area contributed by atoms with Crippen molar-refractivity contribution in [3.05, 3.63) is 35.4 Å². The largest absolute Gasteiger partial charge is 0.273 e. The number of carbonyl (C=O) groups is 4. The Hall–Kier alpha value is -2.70. The van der Waals surface area contributed by atoms with Crippen molar-refractivity contribution < 1.29 is 19.2 Å². The van der Waals surface area contributed by atoms with E-state index in [1.54, 1.807) is 31.2 Å². The molecule has 27 heavy (non-hydrogen) atoms. The minimum atomic E-state index is -0.960. The molecule has 0 saturated carbocycles. The fourth-order valence-corrected chi connectivity index (χ4v) is 4.52. The maximum absolute atomic E-state index is 13.5. The Bertz CT molecular complexity index is 801. The summed E-state index contributed by atoms with van der Waals surface area (Å²) in [5, 5.41) is 3.07. The van der Waals surface area contributed by atoms with E-state index in [1.807, 2.05) is 6.92 Å². The fourth-order valence-electron chi connectivity index (χ4n) is 4.52. The lowest BCUT2D eigenvalue weighted by atomic mass is 9.95. The predicted octanol–water partition coefficient (Wildman–Crippen LogP) is 1.84. The summed E-state index contributed by atoms with van der Waals surface area (Å²) < 4.78 is 0. The molecule has 4 rings (SSSR count). The molecule has 3 aliphatic heterocycles. The molecule has 0 N–H and O–H groups in total.